The number of carbonyl (C=O) groups is 1. The van der Waals surface area contributed by atoms with Gasteiger partial charge in [0.15, 0.2) is 5.13 Å². The van der Waals surface area contributed by atoms with Crippen molar-refractivity contribution in [3.63, 3.8) is 0 Å². The highest BCUT2D eigenvalue weighted by atomic mass is 79.9. The van der Waals surface area contributed by atoms with Gasteiger partial charge in [-0.05, 0) is 68.4 Å². The topological polar surface area (TPSA) is 36.4 Å². The molecule has 7 heteroatoms. The predicted molar refractivity (Wildman–Crippen MR) is 130 cm³/mol. The number of benzene rings is 2. The lowest BCUT2D eigenvalue weighted by Gasteiger charge is -2.24. The third-order valence-corrected chi connectivity index (χ3v) is 6.47. The highest BCUT2D eigenvalue weighted by molar-refractivity contribution is 9.10. The Kier molecular flexibility index (Phi) is 8.64. The van der Waals surface area contributed by atoms with Gasteiger partial charge >= 0.3 is 0 Å². The van der Waals surface area contributed by atoms with E-state index in [9.17, 15) is 4.79 Å². The molecule has 4 nitrogen and oxygen atoms in total. The van der Waals surface area contributed by atoms with Crippen LogP contribution in [0.4, 0.5) is 5.13 Å². The van der Waals surface area contributed by atoms with Gasteiger partial charge in [0, 0.05) is 23.1 Å². The molecule has 0 aliphatic carbocycles. The smallest absolute Gasteiger partial charge is 0.260 e. The van der Waals surface area contributed by atoms with Gasteiger partial charge in [0.2, 0.25) is 0 Å². The van der Waals surface area contributed by atoms with Crippen LogP contribution >= 0.6 is 39.7 Å². The first-order valence-electron chi connectivity index (χ1n) is 9.60. The lowest BCUT2D eigenvalue weighted by molar-refractivity contribution is 0.0984. The Morgan fingerprint density at radius 1 is 1.07 bits per heavy atom. The second-order valence-electron chi connectivity index (χ2n) is 6.92. The maximum Gasteiger partial charge on any atom is 0.260 e. The minimum Gasteiger partial charge on any atom is -0.302 e. The second kappa shape index (κ2) is 10.5. The van der Waals surface area contributed by atoms with E-state index in [1.807, 2.05) is 29.2 Å². The number of fused-ring (bicyclic) bond motifs is 1. The highest BCUT2D eigenvalue weighted by Crippen LogP contribution is 2.32. The van der Waals surface area contributed by atoms with Crippen LogP contribution < -0.4 is 4.90 Å². The fourth-order valence-corrected chi connectivity index (χ4v) is 4.72. The number of nitrogens with zero attached hydrogens (tertiary/aromatic N) is 3. The number of hydrogen-bond donors (Lipinski definition) is 0. The number of amides is 1. The fraction of sp³-hybridized carbons (Fsp3) is 0.364. The van der Waals surface area contributed by atoms with E-state index in [-0.39, 0.29) is 18.3 Å². The van der Waals surface area contributed by atoms with Crippen LogP contribution in [0.25, 0.3) is 10.2 Å². The Morgan fingerprint density at radius 2 is 1.72 bits per heavy atom. The molecular formula is C22H27BrClN3OS. The number of aromatic nitrogens is 1. The average Bonchev–Trinajstić information content (AvgIpc) is 3.09. The molecule has 0 fully saturated rings. The molecule has 0 saturated heterocycles. The van der Waals surface area contributed by atoms with Gasteiger partial charge in [-0.1, -0.05) is 47.2 Å². The van der Waals surface area contributed by atoms with E-state index in [4.69, 9.17) is 4.98 Å². The van der Waals surface area contributed by atoms with Crippen molar-refractivity contribution in [3.8, 4) is 0 Å². The third kappa shape index (κ3) is 5.57. The summed E-state index contributed by atoms with van der Waals surface area (Å²) in [6.45, 7) is 11.8. The summed E-state index contributed by atoms with van der Waals surface area (Å²) in [6, 6.07) is 11.8. The van der Waals surface area contributed by atoms with Gasteiger partial charge in [0.25, 0.3) is 5.91 Å². The summed E-state index contributed by atoms with van der Waals surface area (Å²) >= 11 is 5.03. The quantitative estimate of drug-likeness (QED) is 0.397. The zero-order valence-electron chi connectivity index (χ0n) is 17.2. The number of hydrogen-bond acceptors (Lipinski definition) is 4. The maximum absolute atomic E-state index is 13.3. The minimum atomic E-state index is -0.00640. The number of carbonyl (C=O) groups excluding carboxylic acids is 1. The van der Waals surface area contributed by atoms with Crippen molar-refractivity contribution in [1.82, 2.24) is 9.88 Å². The Bertz CT molecular complexity index is 970. The van der Waals surface area contributed by atoms with Crippen molar-refractivity contribution < 1.29 is 4.79 Å². The molecule has 0 radical (unpaired) electrons. The maximum atomic E-state index is 13.3. The monoisotopic (exact) mass is 495 g/mol. The van der Waals surface area contributed by atoms with Crippen molar-refractivity contribution in [3.05, 3.63) is 57.6 Å². The normalized spacial score (nSPS) is 11.0. The van der Waals surface area contributed by atoms with Crippen LogP contribution in [0.2, 0.25) is 0 Å². The zero-order chi connectivity index (χ0) is 20.3. The Hall–Kier alpha value is -1.47. The van der Waals surface area contributed by atoms with E-state index in [0.29, 0.717) is 12.1 Å². The fourth-order valence-electron chi connectivity index (χ4n) is 3.29. The summed E-state index contributed by atoms with van der Waals surface area (Å²) in [7, 11) is 0. The van der Waals surface area contributed by atoms with Gasteiger partial charge in [-0.25, -0.2) is 4.98 Å². The molecule has 0 saturated carbocycles. The molecule has 1 heterocycles. The first kappa shape index (κ1) is 23.8. The van der Waals surface area contributed by atoms with Gasteiger partial charge in [0.1, 0.15) is 0 Å². The molecule has 0 unspecified atom stereocenters. The SMILES string of the molecule is CCN(CC)CCN(C(=O)c1ccc(Br)cc1)c1nc2c(C)cc(C)cc2s1.Cl. The average molecular weight is 497 g/mol. The number of halogens is 2. The zero-order valence-corrected chi connectivity index (χ0v) is 20.5. The summed E-state index contributed by atoms with van der Waals surface area (Å²) in [5, 5.41) is 0.767. The number of anilines is 1. The molecule has 0 bridgehead atoms. The number of aryl methyl sites for hydroxylation is 2. The molecular weight excluding hydrogens is 470 g/mol. The van der Waals surface area contributed by atoms with Crippen molar-refractivity contribution in [1.29, 1.82) is 0 Å². The van der Waals surface area contributed by atoms with Crippen LogP contribution in [0.3, 0.4) is 0 Å². The van der Waals surface area contributed by atoms with Crippen LogP contribution in [0.15, 0.2) is 40.9 Å². The van der Waals surface area contributed by atoms with E-state index in [1.165, 1.54) is 5.56 Å². The minimum absolute atomic E-state index is 0. The lowest BCUT2D eigenvalue weighted by Crippen LogP contribution is -2.38. The Morgan fingerprint density at radius 3 is 2.34 bits per heavy atom. The van der Waals surface area contributed by atoms with Crippen LogP contribution in [-0.2, 0) is 0 Å². The first-order valence-corrected chi connectivity index (χ1v) is 11.2. The first-order chi connectivity index (χ1) is 13.4. The molecule has 2 aromatic carbocycles. The van der Waals surface area contributed by atoms with Gasteiger partial charge in [-0.2, -0.15) is 0 Å². The van der Waals surface area contributed by atoms with E-state index < -0.39 is 0 Å². The molecule has 3 rings (SSSR count). The van der Waals surface area contributed by atoms with Gasteiger partial charge in [0.05, 0.1) is 10.2 Å². The number of rotatable bonds is 7. The summed E-state index contributed by atoms with van der Waals surface area (Å²) in [5.41, 5.74) is 4.03. The standard InChI is InChI=1S/C22H26BrN3OS.ClH/c1-5-25(6-2)11-12-26(21(27)17-7-9-18(23)10-8-17)22-24-20-16(4)13-15(3)14-19(20)28-22;/h7-10,13-14H,5-6,11-12H2,1-4H3;1H. The molecule has 3 aromatic rings. The van der Waals surface area contributed by atoms with Crippen LogP contribution in [0, 0.1) is 13.8 Å². The molecule has 0 N–H and O–H groups in total. The van der Waals surface area contributed by atoms with Gasteiger partial charge in [-0.15, -0.1) is 12.4 Å². The molecule has 156 valence electrons. The van der Waals surface area contributed by atoms with Crippen LogP contribution in [0.5, 0.6) is 0 Å². The van der Waals surface area contributed by atoms with E-state index in [2.05, 4.69) is 60.7 Å². The van der Waals surface area contributed by atoms with Gasteiger partial charge < -0.3 is 4.90 Å². The molecule has 1 amide bonds. The molecule has 1 aromatic heterocycles. The Balaban J connectivity index is 0.00000300. The summed E-state index contributed by atoms with van der Waals surface area (Å²) in [5.74, 6) is -0.00640. The van der Waals surface area contributed by atoms with Crippen LogP contribution in [-0.4, -0.2) is 42.0 Å². The van der Waals surface area contributed by atoms with E-state index >= 15 is 0 Å². The largest absolute Gasteiger partial charge is 0.302 e. The highest BCUT2D eigenvalue weighted by Gasteiger charge is 2.22. The van der Waals surface area contributed by atoms with Crippen molar-refractivity contribution in [2.75, 3.05) is 31.1 Å². The van der Waals surface area contributed by atoms with Gasteiger partial charge in [-0.3, -0.25) is 9.69 Å². The molecule has 0 aliphatic rings. The van der Waals surface area contributed by atoms with Crippen molar-refractivity contribution >= 4 is 60.9 Å². The van der Waals surface area contributed by atoms with Crippen molar-refractivity contribution in [2.45, 2.75) is 27.7 Å². The third-order valence-electron chi connectivity index (χ3n) is 4.92. The summed E-state index contributed by atoms with van der Waals surface area (Å²) in [6.07, 6.45) is 0. The molecule has 0 atom stereocenters. The number of thiazole rings is 1. The molecule has 29 heavy (non-hydrogen) atoms. The summed E-state index contributed by atoms with van der Waals surface area (Å²) < 4.78 is 2.09. The van der Waals surface area contributed by atoms with E-state index in [1.54, 1.807) is 11.3 Å². The lowest BCUT2D eigenvalue weighted by atomic mass is 10.1. The van der Waals surface area contributed by atoms with Crippen molar-refractivity contribution in [2.24, 2.45) is 0 Å². The number of likely N-dealkylation sites (N-methyl/N-ethyl adjacent to an activating group) is 1. The molecule has 0 spiro atoms. The van der Waals surface area contributed by atoms with Crippen LogP contribution in [0.1, 0.15) is 35.3 Å². The van der Waals surface area contributed by atoms with E-state index in [0.717, 1.165) is 45.0 Å². The molecule has 0 aliphatic heterocycles. The predicted octanol–water partition coefficient (Wildman–Crippen LogP) is 6.09. The second-order valence-corrected chi connectivity index (χ2v) is 8.84. The Labute approximate surface area is 191 Å². The summed E-state index contributed by atoms with van der Waals surface area (Å²) in [4.78, 5) is 22.3.